The third-order valence-electron chi connectivity index (χ3n) is 9.29. The second-order valence-electron chi connectivity index (χ2n) is 14.1. The van der Waals surface area contributed by atoms with Crippen LogP contribution in [0.1, 0.15) is 69.8 Å². The van der Waals surface area contributed by atoms with Crippen LogP contribution < -0.4 is 42.7 Å². The first-order valence-corrected chi connectivity index (χ1v) is 21.8. The Balaban J connectivity index is 1.00. The van der Waals surface area contributed by atoms with Gasteiger partial charge in [0.1, 0.15) is 13.2 Å². The Morgan fingerprint density at radius 2 is 1.27 bits per heavy atom. The minimum absolute atomic E-state index is 0.0387. The van der Waals surface area contributed by atoms with Crippen molar-refractivity contribution in [3.05, 3.63) is 29.8 Å². The molecule has 3 rings (SSSR count). The number of nitrogens with one attached hydrogen (secondary N) is 8. The van der Waals surface area contributed by atoms with Crippen LogP contribution in [0.2, 0.25) is 0 Å². The molecule has 2 heterocycles. The predicted octanol–water partition coefficient (Wildman–Crippen LogP) is 1.90. The van der Waals surface area contributed by atoms with Crippen LogP contribution in [0.4, 0.5) is 20.1 Å². The summed E-state index contributed by atoms with van der Waals surface area (Å²) in [5, 5.41) is 29.0. The molecule has 2 saturated heterocycles. The van der Waals surface area contributed by atoms with Gasteiger partial charge >= 0.3 is 18.2 Å². The number of anilines is 1. The zero-order valence-corrected chi connectivity index (χ0v) is 35.2. The summed E-state index contributed by atoms with van der Waals surface area (Å²) in [5.74, 6) is 0.469. The lowest BCUT2D eigenvalue weighted by Crippen LogP contribution is -2.36. The fourth-order valence-corrected chi connectivity index (χ4v) is 7.69. The molecule has 3 atom stereocenters. The fraction of sp³-hybridized carbons (Fsp3) is 0.692. The first-order chi connectivity index (χ1) is 29.2. The van der Waals surface area contributed by atoms with E-state index in [1.807, 2.05) is 11.8 Å². The van der Waals surface area contributed by atoms with Crippen molar-refractivity contribution in [3.8, 4) is 0 Å². The summed E-state index contributed by atoms with van der Waals surface area (Å²) < 4.78 is 26.4. The van der Waals surface area contributed by atoms with Crippen LogP contribution in [0.15, 0.2) is 24.3 Å². The maximum Gasteiger partial charge on any atom is 0.407 e. The molecule has 0 bridgehead atoms. The Labute approximate surface area is 355 Å². The first-order valence-electron chi connectivity index (χ1n) is 20.8. The molecule has 60 heavy (non-hydrogen) atoms. The molecule has 9 N–H and O–H groups in total. The highest BCUT2D eigenvalue weighted by atomic mass is 32.2. The van der Waals surface area contributed by atoms with Crippen molar-refractivity contribution in [2.75, 3.05) is 90.1 Å². The number of thioether (sulfide) groups is 1. The molecule has 2 aliphatic heterocycles. The number of hydrogen-bond acceptors (Lipinski definition) is 14. The van der Waals surface area contributed by atoms with E-state index in [9.17, 15) is 28.8 Å². The highest BCUT2D eigenvalue weighted by molar-refractivity contribution is 8.00. The maximum atomic E-state index is 12.1. The van der Waals surface area contributed by atoms with Gasteiger partial charge in [0.25, 0.3) is 0 Å². The van der Waals surface area contributed by atoms with Crippen LogP contribution in [0.25, 0.3) is 0 Å². The minimum atomic E-state index is -0.589. The van der Waals surface area contributed by atoms with Crippen LogP contribution in [0.3, 0.4) is 0 Å². The van der Waals surface area contributed by atoms with Gasteiger partial charge in [0.05, 0.1) is 51.7 Å². The second kappa shape index (κ2) is 31.5. The van der Waals surface area contributed by atoms with Crippen molar-refractivity contribution in [1.29, 1.82) is 0 Å². The number of alkyl carbamates (subject to hydrolysis) is 2. The van der Waals surface area contributed by atoms with E-state index in [0.29, 0.717) is 76.0 Å². The van der Waals surface area contributed by atoms with E-state index in [0.717, 1.165) is 43.4 Å². The normalized spacial score (nSPS) is 16.6. The van der Waals surface area contributed by atoms with Gasteiger partial charge in [-0.25, -0.2) is 19.9 Å². The highest BCUT2D eigenvalue weighted by Gasteiger charge is 2.42. The number of urea groups is 1. The summed E-state index contributed by atoms with van der Waals surface area (Å²) in [6, 6.07) is 7.45. The molecule has 7 amide bonds. The number of ether oxygens (including phenoxy) is 5. The Morgan fingerprint density at radius 3 is 1.98 bits per heavy atom. The second-order valence-corrected chi connectivity index (χ2v) is 15.3. The first kappa shape index (κ1) is 49.9. The largest absolute Gasteiger partial charge is 0.447 e. The van der Waals surface area contributed by atoms with Crippen LogP contribution in [-0.2, 0) is 44.6 Å². The Kier molecular flexibility index (Phi) is 26.2. The van der Waals surface area contributed by atoms with E-state index >= 15 is 0 Å². The average molecular weight is 869 g/mol. The zero-order chi connectivity index (χ0) is 43.0. The van der Waals surface area contributed by atoms with Crippen molar-refractivity contribution in [2.45, 2.75) is 88.1 Å². The molecule has 2 aliphatic rings. The van der Waals surface area contributed by atoms with Crippen LogP contribution in [-0.4, -0.2) is 143 Å². The quantitative estimate of drug-likeness (QED) is 0.0212. The molecule has 20 nitrogen and oxygen atoms in total. The Hall–Kier alpha value is -4.41. The van der Waals surface area contributed by atoms with E-state index in [4.69, 9.17) is 28.9 Å². The Bertz CT molecular complexity index is 1430. The van der Waals surface area contributed by atoms with Crippen molar-refractivity contribution >= 4 is 53.4 Å². The molecule has 0 saturated carbocycles. The number of hydrogen-bond donors (Lipinski definition) is 9. The summed E-state index contributed by atoms with van der Waals surface area (Å²) in [6.45, 7) is 4.17. The summed E-state index contributed by atoms with van der Waals surface area (Å²) >= 11 is 1.89. The van der Waals surface area contributed by atoms with E-state index in [-0.39, 0.29) is 82.5 Å². The molecular formula is C39H64N8O12S. The number of unbranched alkanes of at least 4 members (excludes halogenated alkanes) is 4. The lowest BCUT2D eigenvalue weighted by Gasteiger charge is -2.16. The van der Waals surface area contributed by atoms with Gasteiger partial charge in [-0.15, -0.1) is 0 Å². The van der Waals surface area contributed by atoms with Crippen molar-refractivity contribution in [1.82, 2.24) is 37.4 Å². The number of rotatable bonds is 33. The molecule has 3 unspecified atom stereocenters. The van der Waals surface area contributed by atoms with Crippen molar-refractivity contribution in [3.63, 3.8) is 0 Å². The summed E-state index contributed by atoms with van der Waals surface area (Å²) in [7, 11) is 0. The van der Waals surface area contributed by atoms with Gasteiger partial charge < -0.3 is 60.9 Å². The minimum Gasteiger partial charge on any atom is -0.447 e. The fourth-order valence-electron chi connectivity index (χ4n) is 6.14. The molecule has 0 spiro atoms. The molecule has 0 aromatic heterocycles. The van der Waals surface area contributed by atoms with E-state index in [1.165, 1.54) is 0 Å². The lowest BCUT2D eigenvalue weighted by molar-refractivity contribution is -0.129. The van der Waals surface area contributed by atoms with Crippen molar-refractivity contribution in [2.24, 2.45) is 0 Å². The topological polar surface area (TPSA) is 265 Å². The number of hydroxylamine groups is 1. The molecule has 21 heteroatoms. The number of amides is 7. The van der Waals surface area contributed by atoms with Gasteiger partial charge in [-0.3, -0.25) is 19.6 Å². The van der Waals surface area contributed by atoms with Crippen LogP contribution in [0, 0.1) is 0 Å². The summed E-state index contributed by atoms with van der Waals surface area (Å²) in [4.78, 5) is 70.5. The predicted molar refractivity (Wildman–Crippen MR) is 223 cm³/mol. The lowest BCUT2D eigenvalue weighted by atomic mass is 10.0. The van der Waals surface area contributed by atoms with Gasteiger partial charge in [-0.1, -0.05) is 31.4 Å². The zero-order valence-electron chi connectivity index (χ0n) is 34.4. The van der Waals surface area contributed by atoms with E-state index < -0.39 is 18.1 Å². The highest BCUT2D eigenvalue weighted by Crippen LogP contribution is 2.33. The summed E-state index contributed by atoms with van der Waals surface area (Å²) in [5.41, 5.74) is 3.08. The molecule has 0 aliphatic carbocycles. The molecule has 1 aromatic rings. The van der Waals surface area contributed by atoms with E-state index in [1.54, 1.807) is 29.7 Å². The van der Waals surface area contributed by atoms with Gasteiger partial charge in [-0.05, 0) is 43.4 Å². The standard InChI is InChI=1S/C39H64N8O12S/c48-33(8-6-5-7-32-36-31(28-60-32)45-37(51)46-36)41-16-15-40-17-19-55-20-18-42-38(52)58-25-23-56-21-22-57-24-26-59-39(53)43-27-29-11-13-30(14-12-29)44-34(49)9-3-1-2-4-10-35(50)47-54/h11-14,31-32,36,40,54H,1-10,15-28H2,(H,41,48)(H,42,52)(H,43,53)(H,44,49)(H,47,50)(H2,45,46,51). The number of fused-ring (bicyclic) bond motifs is 1. The number of benzene rings is 1. The third-order valence-corrected chi connectivity index (χ3v) is 10.8. The SMILES string of the molecule is O=C(CCCCCCC(=O)Nc1ccc(CNC(=O)OCCOCCOCCOC(=O)NCCOCCNCCNC(=O)CCCCC2SCC3NC(=O)NC32)cc1)NO. The van der Waals surface area contributed by atoms with Gasteiger partial charge in [0, 0.05) is 68.7 Å². The van der Waals surface area contributed by atoms with Crippen LogP contribution >= 0.6 is 11.8 Å². The van der Waals surface area contributed by atoms with Gasteiger partial charge in [0.15, 0.2) is 0 Å². The number of carbonyl (C=O) groups is 6. The van der Waals surface area contributed by atoms with Gasteiger partial charge in [-0.2, -0.15) is 11.8 Å². The molecular weight excluding hydrogens is 805 g/mol. The summed E-state index contributed by atoms with van der Waals surface area (Å²) in [6.07, 6.45) is 5.70. The smallest absolute Gasteiger partial charge is 0.407 e. The monoisotopic (exact) mass is 868 g/mol. The molecule has 1 aromatic carbocycles. The molecule has 338 valence electrons. The van der Waals surface area contributed by atoms with Gasteiger partial charge in [0.2, 0.25) is 17.7 Å². The average Bonchev–Trinajstić information content (AvgIpc) is 3.80. The number of carbonyl (C=O) groups excluding carboxylic acids is 6. The van der Waals surface area contributed by atoms with E-state index in [2.05, 4.69) is 37.2 Å². The maximum absolute atomic E-state index is 12.1. The molecule has 0 radical (unpaired) electrons. The third kappa shape index (κ3) is 23.4. The van der Waals surface area contributed by atoms with Crippen molar-refractivity contribution < 1.29 is 57.7 Å². The molecule has 2 fully saturated rings. The Morgan fingerprint density at radius 1 is 0.650 bits per heavy atom. The van der Waals surface area contributed by atoms with Crippen LogP contribution in [0.5, 0.6) is 0 Å².